The van der Waals surface area contributed by atoms with Crippen molar-refractivity contribution in [2.75, 3.05) is 5.32 Å². The molecule has 0 aliphatic carbocycles. The number of hydrogen-bond acceptors (Lipinski definition) is 3. The molecule has 0 bridgehead atoms. The van der Waals surface area contributed by atoms with Gasteiger partial charge in [-0.3, -0.25) is 9.48 Å². The lowest BCUT2D eigenvalue weighted by Crippen LogP contribution is -2.26. The summed E-state index contributed by atoms with van der Waals surface area (Å²) in [5, 5.41) is 6.74. The number of hydrogen-bond donors (Lipinski definition) is 1. The van der Waals surface area contributed by atoms with E-state index in [1.165, 1.54) is 17.1 Å². The quantitative estimate of drug-likeness (QED) is 0.863. The predicted molar refractivity (Wildman–Crippen MR) is 78.2 cm³/mol. The first-order valence-electron chi connectivity index (χ1n) is 6.65. The zero-order valence-electron chi connectivity index (χ0n) is 12.0. The fourth-order valence-electron chi connectivity index (χ4n) is 1.99. The first-order valence-corrected chi connectivity index (χ1v) is 7.03. The molecule has 1 atom stereocenters. The minimum atomic E-state index is -3.14. The summed E-state index contributed by atoms with van der Waals surface area (Å²) in [6.07, 6.45) is 3.23. The van der Waals surface area contributed by atoms with Crippen molar-refractivity contribution in [1.82, 2.24) is 9.78 Å². The number of alkyl halides is 2. The van der Waals surface area contributed by atoms with Gasteiger partial charge in [0.1, 0.15) is 11.9 Å². The van der Waals surface area contributed by atoms with Gasteiger partial charge in [-0.1, -0.05) is 18.5 Å². The van der Waals surface area contributed by atoms with Crippen molar-refractivity contribution in [1.29, 1.82) is 0 Å². The topological polar surface area (TPSA) is 56.1 Å². The molecular weight excluding hydrogens is 335 g/mol. The highest BCUT2D eigenvalue weighted by molar-refractivity contribution is 6.30. The molecule has 0 aliphatic rings. The van der Waals surface area contributed by atoms with Gasteiger partial charge < -0.3 is 10.1 Å². The molecular formula is C14H13ClF3N3O2. The second kappa shape index (κ2) is 7.36. The zero-order chi connectivity index (χ0) is 17.0. The van der Waals surface area contributed by atoms with Crippen LogP contribution in [0.4, 0.5) is 18.9 Å². The molecule has 5 nitrogen and oxygen atoms in total. The molecule has 0 aliphatic heterocycles. The number of rotatable bonds is 6. The molecule has 1 aromatic heterocycles. The van der Waals surface area contributed by atoms with Crippen molar-refractivity contribution in [2.24, 2.45) is 0 Å². The number of nitrogens with zero attached hydrogens (tertiary/aromatic N) is 2. The molecule has 1 aromatic carbocycles. The van der Waals surface area contributed by atoms with Crippen LogP contribution in [-0.4, -0.2) is 22.3 Å². The molecule has 0 fully saturated rings. The second-order valence-corrected chi connectivity index (χ2v) is 5.01. The number of carbonyl (C=O) groups excluding carboxylic acids is 1. The Kier molecular flexibility index (Phi) is 5.49. The number of anilines is 1. The molecule has 0 saturated carbocycles. The zero-order valence-corrected chi connectivity index (χ0v) is 12.7. The molecule has 9 heteroatoms. The Labute approximate surface area is 135 Å². The maximum absolute atomic E-state index is 13.2. The van der Waals surface area contributed by atoms with Gasteiger partial charge in [0.05, 0.1) is 16.9 Å². The van der Waals surface area contributed by atoms with Gasteiger partial charge in [-0.2, -0.15) is 13.9 Å². The summed E-state index contributed by atoms with van der Waals surface area (Å²) < 4.78 is 43.5. The van der Waals surface area contributed by atoms with Crippen molar-refractivity contribution in [2.45, 2.75) is 26.0 Å². The van der Waals surface area contributed by atoms with E-state index < -0.39 is 30.1 Å². The van der Waals surface area contributed by atoms with E-state index in [9.17, 15) is 18.0 Å². The molecule has 1 N–H and O–H groups in total. The van der Waals surface area contributed by atoms with E-state index in [-0.39, 0.29) is 5.69 Å². The van der Waals surface area contributed by atoms with E-state index in [1.54, 1.807) is 6.92 Å². The largest absolute Gasteiger partial charge is 0.432 e. The van der Waals surface area contributed by atoms with Crippen LogP contribution < -0.4 is 10.1 Å². The fraction of sp³-hybridized carbons (Fsp3) is 0.286. The van der Waals surface area contributed by atoms with Crippen LogP contribution in [0.3, 0.4) is 0 Å². The number of carbonyl (C=O) groups is 1. The van der Waals surface area contributed by atoms with Crippen molar-refractivity contribution in [3.8, 4) is 5.75 Å². The van der Waals surface area contributed by atoms with Crippen LogP contribution in [0, 0.1) is 5.82 Å². The summed E-state index contributed by atoms with van der Waals surface area (Å²) >= 11 is 5.77. The molecule has 2 rings (SSSR count). The van der Waals surface area contributed by atoms with E-state index in [2.05, 4.69) is 15.2 Å². The number of halogens is 4. The summed E-state index contributed by atoms with van der Waals surface area (Å²) in [6.45, 7) is -1.39. The monoisotopic (exact) mass is 347 g/mol. The van der Waals surface area contributed by atoms with E-state index in [1.807, 2.05) is 0 Å². The van der Waals surface area contributed by atoms with E-state index >= 15 is 0 Å². The second-order valence-electron chi connectivity index (χ2n) is 4.57. The average Bonchev–Trinajstić information content (AvgIpc) is 2.88. The fourth-order valence-corrected chi connectivity index (χ4v) is 2.13. The van der Waals surface area contributed by atoms with Crippen LogP contribution in [0.15, 0.2) is 30.6 Å². The minimum Gasteiger partial charge on any atom is -0.432 e. The van der Waals surface area contributed by atoms with Crippen molar-refractivity contribution >= 4 is 23.2 Å². The normalized spacial score (nSPS) is 12.3. The van der Waals surface area contributed by atoms with Crippen LogP contribution in [0.25, 0.3) is 0 Å². The van der Waals surface area contributed by atoms with E-state index in [0.717, 1.165) is 18.2 Å². The Morgan fingerprint density at radius 1 is 1.48 bits per heavy atom. The van der Waals surface area contributed by atoms with Crippen LogP contribution in [0.5, 0.6) is 5.75 Å². The van der Waals surface area contributed by atoms with Crippen LogP contribution in [0.2, 0.25) is 5.02 Å². The Bertz CT molecular complexity index is 694. The van der Waals surface area contributed by atoms with Crippen LogP contribution >= 0.6 is 11.6 Å². The van der Waals surface area contributed by atoms with Gasteiger partial charge in [-0.25, -0.2) is 4.39 Å². The Morgan fingerprint density at radius 3 is 2.78 bits per heavy atom. The molecule has 0 spiro atoms. The van der Waals surface area contributed by atoms with Gasteiger partial charge in [0.15, 0.2) is 5.75 Å². The molecule has 23 heavy (non-hydrogen) atoms. The minimum absolute atomic E-state index is 0.0617. The molecule has 1 heterocycles. The molecule has 124 valence electrons. The number of nitrogens with one attached hydrogen (secondary N) is 1. The molecule has 1 unspecified atom stereocenters. The molecule has 1 amide bonds. The average molecular weight is 348 g/mol. The highest BCUT2D eigenvalue weighted by Crippen LogP contribution is 2.28. The smallest absolute Gasteiger partial charge is 0.387 e. The summed E-state index contributed by atoms with van der Waals surface area (Å²) in [5.41, 5.74) is -0.0617. The summed E-state index contributed by atoms with van der Waals surface area (Å²) in [5.74, 6) is -1.73. The van der Waals surface area contributed by atoms with Gasteiger partial charge in [0.25, 0.3) is 0 Å². The SMILES string of the molecule is CCC(C(=O)Nc1ccc(F)cc1OC(F)F)n1cc(Cl)cn1. The first kappa shape index (κ1) is 17.1. The Hall–Kier alpha value is -2.22. The van der Waals surface area contributed by atoms with Gasteiger partial charge in [-0.05, 0) is 18.6 Å². The van der Waals surface area contributed by atoms with Gasteiger partial charge >= 0.3 is 6.61 Å². The summed E-state index contributed by atoms with van der Waals surface area (Å²) in [6, 6.07) is 2.24. The van der Waals surface area contributed by atoms with E-state index in [0.29, 0.717) is 11.4 Å². The van der Waals surface area contributed by atoms with E-state index in [4.69, 9.17) is 11.6 Å². The van der Waals surface area contributed by atoms with Crippen LogP contribution in [-0.2, 0) is 4.79 Å². The molecule has 0 saturated heterocycles. The number of amides is 1. The van der Waals surface area contributed by atoms with Gasteiger partial charge in [-0.15, -0.1) is 0 Å². The third-order valence-electron chi connectivity index (χ3n) is 3.00. The molecule has 2 aromatic rings. The van der Waals surface area contributed by atoms with Gasteiger partial charge in [0, 0.05) is 12.3 Å². The Balaban J connectivity index is 2.21. The maximum Gasteiger partial charge on any atom is 0.387 e. The molecule has 0 radical (unpaired) electrons. The number of ether oxygens (including phenoxy) is 1. The highest BCUT2D eigenvalue weighted by atomic mass is 35.5. The number of aromatic nitrogens is 2. The van der Waals surface area contributed by atoms with Crippen LogP contribution in [0.1, 0.15) is 19.4 Å². The lowest BCUT2D eigenvalue weighted by atomic mass is 10.2. The summed E-state index contributed by atoms with van der Waals surface area (Å²) in [7, 11) is 0. The van der Waals surface area contributed by atoms with Crippen molar-refractivity contribution < 1.29 is 22.7 Å². The highest BCUT2D eigenvalue weighted by Gasteiger charge is 2.21. The van der Waals surface area contributed by atoms with Crippen molar-refractivity contribution in [3.05, 3.63) is 41.4 Å². The standard InChI is InChI=1S/C14H13ClF3N3O2/c1-2-11(21-7-8(15)6-19-21)13(22)20-10-4-3-9(16)5-12(10)23-14(17)18/h3-7,11,14H,2H2,1H3,(H,20,22). The van der Waals surface area contributed by atoms with Crippen molar-refractivity contribution in [3.63, 3.8) is 0 Å². The third kappa shape index (κ3) is 4.38. The maximum atomic E-state index is 13.2. The number of benzene rings is 1. The lowest BCUT2D eigenvalue weighted by Gasteiger charge is -2.17. The lowest BCUT2D eigenvalue weighted by molar-refractivity contribution is -0.119. The third-order valence-corrected chi connectivity index (χ3v) is 3.19. The summed E-state index contributed by atoms with van der Waals surface area (Å²) in [4.78, 5) is 12.3. The Morgan fingerprint density at radius 2 is 2.22 bits per heavy atom. The first-order chi connectivity index (χ1) is 10.9. The predicted octanol–water partition coefficient (Wildman–Crippen LogP) is 3.87. The van der Waals surface area contributed by atoms with Gasteiger partial charge in [0.2, 0.25) is 5.91 Å².